The van der Waals surface area contributed by atoms with Gasteiger partial charge in [-0.15, -0.1) is 0 Å². The van der Waals surface area contributed by atoms with E-state index in [1.807, 2.05) is 24.3 Å². The number of nitrogens with two attached hydrogens (primary N) is 1. The molecule has 0 saturated heterocycles. The molecule has 2 aromatic rings. The molecule has 152 valence electrons. The fraction of sp³-hybridized carbons (Fsp3) is 0.391. The Morgan fingerprint density at radius 3 is 2.14 bits per heavy atom. The van der Waals surface area contributed by atoms with Crippen molar-refractivity contribution < 1.29 is 19.1 Å². The van der Waals surface area contributed by atoms with Crippen LogP contribution in [0.5, 0.6) is 0 Å². The summed E-state index contributed by atoms with van der Waals surface area (Å²) >= 11 is 0. The third kappa shape index (κ3) is 3.60. The summed E-state index contributed by atoms with van der Waals surface area (Å²) < 4.78 is 10.5. The Kier molecular flexibility index (Phi) is 5.28. The number of benzene rings is 2. The molecule has 2 aliphatic rings. The lowest BCUT2D eigenvalue weighted by molar-refractivity contribution is -0.150. The van der Waals surface area contributed by atoms with Crippen molar-refractivity contribution in [3.63, 3.8) is 0 Å². The summed E-state index contributed by atoms with van der Waals surface area (Å²) in [6.45, 7) is 0.205. The number of nitrogens with one attached hydrogen (secondary N) is 1. The number of carbonyl (C=O) groups excluding carboxylic acids is 2. The molecule has 3 N–H and O–H groups in total. The molecule has 29 heavy (non-hydrogen) atoms. The summed E-state index contributed by atoms with van der Waals surface area (Å²) in [7, 11) is 1.33. The topological polar surface area (TPSA) is 90.6 Å². The van der Waals surface area contributed by atoms with Gasteiger partial charge in [-0.3, -0.25) is 0 Å². The Morgan fingerprint density at radius 2 is 1.59 bits per heavy atom. The van der Waals surface area contributed by atoms with Gasteiger partial charge in [0.05, 0.1) is 7.11 Å². The lowest BCUT2D eigenvalue weighted by Crippen LogP contribution is -2.58. The zero-order chi connectivity index (χ0) is 20.4. The second-order valence-corrected chi connectivity index (χ2v) is 7.86. The number of hydrogen-bond acceptors (Lipinski definition) is 5. The molecule has 0 heterocycles. The minimum Gasteiger partial charge on any atom is -0.467 e. The fourth-order valence-corrected chi connectivity index (χ4v) is 4.54. The first-order valence-corrected chi connectivity index (χ1v) is 10.0. The van der Waals surface area contributed by atoms with Crippen molar-refractivity contribution in [2.45, 2.75) is 43.2 Å². The van der Waals surface area contributed by atoms with E-state index in [4.69, 9.17) is 15.2 Å². The number of methoxy groups -OCH3 is 1. The molecule has 0 spiro atoms. The van der Waals surface area contributed by atoms with Crippen LogP contribution in [0.4, 0.5) is 4.79 Å². The molecule has 0 unspecified atom stereocenters. The van der Waals surface area contributed by atoms with Gasteiger partial charge in [0.15, 0.2) is 0 Å². The minimum atomic E-state index is -1.06. The molecule has 6 heteroatoms. The zero-order valence-corrected chi connectivity index (χ0v) is 16.5. The number of esters is 1. The molecular weight excluding hydrogens is 368 g/mol. The summed E-state index contributed by atoms with van der Waals surface area (Å²) in [5, 5.41) is 2.78. The van der Waals surface area contributed by atoms with Crippen molar-refractivity contribution in [3.8, 4) is 11.1 Å². The van der Waals surface area contributed by atoms with E-state index in [9.17, 15) is 9.59 Å². The molecule has 0 atom stereocenters. The first-order valence-electron chi connectivity index (χ1n) is 10.0. The molecule has 0 bridgehead atoms. The quantitative estimate of drug-likeness (QED) is 0.776. The predicted octanol–water partition coefficient (Wildman–Crippen LogP) is 3.34. The van der Waals surface area contributed by atoms with Crippen LogP contribution in [-0.2, 0) is 14.3 Å². The molecule has 1 fully saturated rings. The number of amides is 1. The highest BCUT2D eigenvalue weighted by Crippen LogP contribution is 2.44. The minimum absolute atomic E-state index is 0.0259. The average molecular weight is 394 g/mol. The van der Waals surface area contributed by atoms with Crippen molar-refractivity contribution in [1.82, 2.24) is 5.32 Å². The normalized spacial score (nSPS) is 23.0. The predicted molar refractivity (Wildman–Crippen MR) is 109 cm³/mol. The second-order valence-electron chi connectivity index (χ2n) is 7.86. The van der Waals surface area contributed by atoms with Gasteiger partial charge in [0.25, 0.3) is 0 Å². The largest absolute Gasteiger partial charge is 0.467 e. The van der Waals surface area contributed by atoms with Gasteiger partial charge >= 0.3 is 12.1 Å². The van der Waals surface area contributed by atoms with Gasteiger partial charge in [0.1, 0.15) is 12.1 Å². The van der Waals surface area contributed by atoms with E-state index in [0.29, 0.717) is 25.7 Å². The Balaban J connectivity index is 1.48. The SMILES string of the molecule is COC(=O)C1(NC(=O)OCC2c3ccccc3-c3ccccc32)CCC(N)CC1. The summed E-state index contributed by atoms with van der Waals surface area (Å²) in [6, 6.07) is 16.4. The molecule has 6 nitrogen and oxygen atoms in total. The van der Waals surface area contributed by atoms with E-state index in [-0.39, 0.29) is 18.6 Å². The monoisotopic (exact) mass is 394 g/mol. The number of ether oxygens (including phenoxy) is 2. The van der Waals surface area contributed by atoms with Crippen LogP contribution in [0.1, 0.15) is 42.7 Å². The Labute approximate surface area is 170 Å². The van der Waals surface area contributed by atoms with E-state index < -0.39 is 17.6 Å². The van der Waals surface area contributed by atoms with Crippen molar-refractivity contribution >= 4 is 12.1 Å². The van der Waals surface area contributed by atoms with Gasteiger partial charge < -0.3 is 20.5 Å². The lowest BCUT2D eigenvalue weighted by Gasteiger charge is -2.36. The number of alkyl carbamates (subject to hydrolysis) is 1. The zero-order valence-electron chi connectivity index (χ0n) is 16.5. The van der Waals surface area contributed by atoms with Gasteiger partial charge in [-0.1, -0.05) is 48.5 Å². The Morgan fingerprint density at radius 1 is 1.03 bits per heavy atom. The number of carbonyl (C=O) groups is 2. The number of fused-ring (bicyclic) bond motifs is 3. The van der Waals surface area contributed by atoms with Crippen LogP contribution < -0.4 is 11.1 Å². The molecule has 0 aromatic heterocycles. The third-order valence-electron chi connectivity index (χ3n) is 6.14. The first-order chi connectivity index (χ1) is 14.0. The molecule has 0 radical (unpaired) electrons. The van der Waals surface area contributed by atoms with E-state index >= 15 is 0 Å². The molecule has 4 rings (SSSR count). The summed E-state index contributed by atoms with van der Waals surface area (Å²) in [5.41, 5.74) is 9.54. The van der Waals surface area contributed by atoms with Gasteiger partial charge in [-0.25, -0.2) is 9.59 Å². The van der Waals surface area contributed by atoms with E-state index in [0.717, 1.165) is 11.1 Å². The highest BCUT2D eigenvalue weighted by molar-refractivity contribution is 5.86. The van der Waals surface area contributed by atoms with Crippen molar-refractivity contribution in [2.24, 2.45) is 5.73 Å². The van der Waals surface area contributed by atoms with Crippen LogP contribution >= 0.6 is 0 Å². The smallest absolute Gasteiger partial charge is 0.408 e. The van der Waals surface area contributed by atoms with Crippen molar-refractivity contribution in [3.05, 3.63) is 59.7 Å². The maximum absolute atomic E-state index is 12.6. The summed E-state index contributed by atoms with van der Waals surface area (Å²) in [4.78, 5) is 25.0. The number of hydrogen-bond donors (Lipinski definition) is 2. The Bertz CT molecular complexity index is 873. The van der Waals surface area contributed by atoms with Crippen molar-refractivity contribution in [1.29, 1.82) is 0 Å². The second kappa shape index (κ2) is 7.87. The Hall–Kier alpha value is -2.86. The van der Waals surface area contributed by atoms with E-state index in [1.165, 1.54) is 18.2 Å². The average Bonchev–Trinajstić information content (AvgIpc) is 3.07. The van der Waals surface area contributed by atoms with Crippen LogP contribution in [0, 0.1) is 0 Å². The summed E-state index contributed by atoms with van der Waals surface area (Å²) in [5.74, 6) is -0.472. The molecule has 1 saturated carbocycles. The third-order valence-corrected chi connectivity index (χ3v) is 6.14. The maximum Gasteiger partial charge on any atom is 0.408 e. The molecule has 2 aliphatic carbocycles. The highest BCUT2D eigenvalue weighted by Gasteiger charge is 2.44. The van der Waals surface area contributed by atoms with Crippen LogP contribution in [-0.4, -0.2) is 37.4 Å². The molecular formula is C23H26N2O4. The first kappa shape index (κ1) is 19.5. The van der Waals surface area contributed by atoms with Crippen LogP contribution in [0.15, 0.2) is 48.5 Å². The molecule has 1 amide bonds. The fourth-order valence-electron chi connectivity index (χ4n) is 4.54. The standard InChI is InChI=1S/C23H26N2O4/c1-28-21(26)23(12-10-15(24)11-13-23)25-22(27)29-14-20-18-8-4-2-6-16(18)17-7-3-5-9-19(17)20/h2-9,15,20H,10-14,24H2,1H3,(H,25,27). The van der Waals surface area contributed by atoms with Crippen molar-refractivity contribution in [2.75, 3.05) is 13.7 Å². The summed E-state index contributed by atoms with van der Waals surface area (Å²) in [6.07, 6.45) is 1.60. The van der Waals surface area contributed by atoms with Gasteiger partial charge in [0, 0.05) is 12.0 Å². The number of rotatable bonds is 4. The van der Waals surface area contributed by atoms with E-state index in [2.05, 4.69) is 29.6 Å². The van der Waals surface area contributed by atoms with Crippen LogP contribution in [0.3, 0.4) is 0 Å². The lowest BCUT2D eigenvalue weighted by atomic mass is 9.79. The van der Waals surface area contributed by atoms with Gasteiger partial charge in [-0.05, 0) is 47.9 Å². The van der Waals surface area contributed by atoms with Crippen LogP contribution in [0.25, 0.3) is 11.1 Å². The highest BCUT2D eigenvalue weighted by atomic mass is 16.6. The van der Waals surface area contributed by atoms with Gasteiger partial charge in [0.2, 0.25) is 0 Å². The van der Waals surface area contributed by atoms with Gasteiger partial charge in [-0.2, -0.15) is 0 Å². The van der Waals surface area contributed by atoms with Crippen LogP contribution in [0.2, 0.25) is 0 Å². The molecule has 0 aliphatic heterocycles. The maximum atomic E-state index is 12.6. The molecule has 2 aromatic carbocycles. The van der Waals surface area contributed by atoms with E-state index in [1.54, 1.807) is 0 Å².